The van der Waals surface area contributed by atoms with Gasteiger partial charge in [-0.15, -0.1) is 0 Å². The summed E-state index contributed by atoms with van der Waals surface area (Å²) in [6.45, 7) is 0.299. The van der Waals surface area contributed by atoms with Crippen LogP contribution in [-0.4, -0.2) is 51.5 Å². The van der Waals surface area contributed by atoms with E-state index in [-0.39, 0.29) is 23.3 Å². The summed E-state index contributed by atoms with van der Waals surface area (Å²) < 4.78 is 23.7. The Balaban J connectivity index is 2.05. The molecule has 0 spiro atoms. The van der Waals surface area contributed by atoms with Crippen molar-refractivity contribution < 1.29 is 18.3 Å². The number of anilines is 1. The Morgan fingerprint density at radius 3 is 2.75 bits per heavy atom. The molecule has 2 aromatic heterocycles. The number of fused-ring (bicyclic) bond motifs is 1. The second kappa shape index (κ2) is 7.67. The molecule has 0 amide bonds. The lowest BCUT2D eigenvalue weighted by Crippen LogP contribution is -2.34. The fourth-order valence-electron chi connectivity index (χ4n) is 2.70. The SMILES string of the molecule is CNc1nc2c(ncn2C2OC(COP)C(OP)C2OP)c(=O)[nH]1. The average Bonchev–Trinajstić information content (AvgIpc) is 3.15. The van der Waals surface area contributed by atoms with Gasteiger partial charge in [0.05, 0.1) is 12.9 Å². The van der Waals surface area contributed by atoms with Crippen molar-refractivity contribution in [2.75, 3.05) is 19.0 Å². The molecule has 0 radical (unpaired) electrons. The number of hydrogen-bond acceptors (Lipinski definition) is 8. The molecule has 13 heteroatoms. The van der Waals surface area contributed by atoms with Crippen LogP contribution in [0.5, 0.6) is 0 Å². The minimum atomic E-state index is -0.581. The predicted molar refractivity (Wildman–Crippen MR) is 96.4 cm³/mol. The summed E-state index contributed by atoms with van der Waals surface area (Å²) in [6, 6.07) is 0. The molecule has 7 unspecified atom stereocenters. The molecule has 0 saturated carbocycles. The number of ether oxygens (including phenoxy) is 1. The maximum absolute atomic E-state index is 12.1. The number of nitrogens with zero attached hydrogens (tertiary/aromatic N) is 3. The summed E-state index contributed by atoms with van der Waals surface area (Å²) >= 11 is 0. The van der Waals surface area contributed by atoms with Crippen LogP contribution >= 0.6 is 28.4 Å². The Morgan fingerprint density at radius 1 is 1.38 bits per heavy atom. The number of hydrogen-bond donors (Lipinski definition) is 2. The molecule has 1 aliphatic rings. The average molecular weight is 393 g/mol. The van der Waals surface area contributed by atoms with Crippen LogP contribution in [0.2, 0.25) is 0 Å². The van der Waals surface area contributed by atoms with Crippen molar-refractivity contribution in [1.29, 1.82) is 0 Å². The van der Waals surface area contributed by atoms with Crippen molar-refractivity contribution in [3.05, 3.63) is 16.7 Å². The molecule has 3 rings (SSSR count). The Kier molecular flexibility index (Phi) is 5.78. The van der Waals surface area contributed by atoms with E-state index in [2.05, 4.69) is 48.7 Å². The third-order valence-corrected chi connectivity index (χ3v) is 4.62. The first-order chi connectivity index (χ1) is 11.6. The molecular formula is C11H18N5O5P3. The highest BCUT2D eigenvalue weighted by atomic mass is 31.0. The topological polar surface area (TPSA) is 113 Å². The van der Waals surface area contributed by atoms with Gasteiger partial charge in [0.1, 0.15) is 18.3 Å². The Morgan fingerprint density at radius 2 is 2.12 bits per heavy atom. The van der Waals surface area contributed by atoms with Gasteiger partial charge in [0.15, 0.2) is 17.4 Å². The molecule has 0 aromatic carbocycles. The maximum Gasteiger partial charge on any atom is 0.280 e. The lowest BCUT2D eigenvalue weighted by Gasteiger charge is -2.21. The van der Waals surface area contributed by atoms with Crippen LogP contribution in [0.4, 0.5) is 5.95 Å². The zero-order valence-electron chi connectivity index (χ0n) is 12.7. The molecule has 1 aliphatic heterocycles. The minimum Gasteiger partial charge on any atom is -0.363 e. The van der Waals surface area contributed by atoms with Crippen molar-refractivity contribution in [2.24, 2.45) is 0 Å². The number of imidazole rings is 1. The van der Waals surface area contributed by atoms with Gasteiger partial charge in [-0.2, -0.15) is 4.98 Å². The first kappa shape index (κ1) is 18.1. The third kappa shape index (κ3) is 3.08. The van der Waals surface area contributed by atoms with E-state index in [0.29, 0.717) is 18.2 Å². The van der Waals surface area contributed by atoms with Gasteiger partial charge in [0, 0.05) is 35.4 Å². The van der Waals surface area contributed by atoms with Gasteiger partial charge in [0.25, 0.3) is 5.56 Å². The molecule has 1 fully saturated rings. The molecule has 0 bridgehead atoms. The van der Waals surface area contributed by atoms with Crippen molar-refractivity contribution in [2.45, 2.75) is 24.5 Å². The first-order valence-electron chi connectivity index (χ1n) is 6.97. The normalized spacial score (nSPS) is 27.0. The lowest BCUT2D eigenvalue weighted by atomic mass is 10.1. The van der Waals surface area contributed by atoms with E-state index in [1.807, 2.05) is 0 Å². The summed E-state index contributed by atoms with van der Waals surface area (Å²) in [4.78, 5) is 23.2. The zero-order chi connectivity index (χ0) is 17.3. The molecule has 0 aliphatic carbocycles. The number of H-pyrrole nitrogens is 1. The molecule has 7 atom stereocenters. The van der Waals surface area contributed by atoms with E-state index >= 15 is 0 Å². The van der Waals surface area contributed by atoms with E-state index in [1.165, 1.54) is 6.33 Å². The van der Waals surface area contributed by atoms with Crippen LogP contribution in [-0.2, 0) is 18.3 Å². The second-order valence-electron chi connectivity index (χ2n) is 5.09. The van der Waals surface area contributed by atoms with Crippen molar-refractivity contribution in [3.8, 4) is 0 Å². The Labute approximate surface area is 144 Å². The van der Waals surface area contributed by atoms with Crippen LogP contribution in [0.25, 0.3) is 11.2 Å². The van der Waals surface area contributed by atoms with Gasteiger partial charge in [-0.3, -0.25) is 14.3 Å². The van der Waals surface area contributed by atoms with E-state index in [0.717, 1.165) is 0 Å². The summed E-state index contributed by atoms with van der Waals surface area (Å²) in [5, 5.41) is 2.81. The van der Waals surface area contributed by atoms with Gasteiger partial charge in [-0.05, 0) is 0 Å². The fraction of sp³-hybridized carbons (Fsp3) is 0.545. The molecule has 2 N–H and O–H groups in total. The highest BCUT2D eigenvalue weighted by molar-refractivity contribution is 7.10. The number of nitrogens with one attached hydrogen (secondary N) is 2. The van der Waals surface area contributed by atoms with Gasteiger partial charge >= 0.3 is 0 Å². The number of rotatable bonds is 6. The monoisotopic (exact) mass is 393 g/mol. The summed E-state index contributed by atoms with van der Waals surface area (Å²) in [6.07, 6.45) is -0.297. The summed E-state index contributed by atoms with van der Waals surface area (Å²) in [5.74, 6) is 0.333. The van der Waals surface area contributed by atoms with Crippen LogP contribution in [0, 0.1) is 0 Å². The lowest BCUT2D eigenvalue weighted by molar-refractivity contribution is -0.0391. The molecule has 3 heterocycles. The van der Waals surface area contributed by atoms with Crippen molar-refractivity contribution in [1.82, 2.24) is 19.5 Å². The van der Waals surface area contributed by atoms with Crippen LogP contribution < -0.4 is 10.9 Å². The summed E-state index contributed by atoms with van der Waals surface area (Å²) in [7, 11) is 8.27. The quantitative estimate of drug-likeness (QED) is 0.671. The van der Waals surface area contributed by atoms with Gasteiger partial charge in [0.2, 0.25) is 5.95 Å². The van der Waals surface area contributed by atoms with Gasteiger partial charge in [-0.1, -0.05) is 0 Å². The largest absolute Gasteiger partial charge is 0.363 e. The van der Waals surface area contributed by atoms with Crippen LogP contribution in [0.15, 0.2) is 11.1 Å². The minimum absolute atomic E-state index is 0.217. The Bertz CT molecular complexity index is 770. The maximum atomic E-state index is 12.1. The highest BCUT2D eigenvalue weighted by Gasteiger charge is 2.47. The molecular weight excluding hydrogens is 375 g/mol. The van der Waals surface area contributed by atoms with Crippen molar-refractivity contribution >= 4 is 45.5 Å². The predicted octanol–water partition coefficient (Wildman–Crippen LogP) is 0.216. The fourth-order valence-corrected chi connectivity index (χ4v) is 3.51. The van der Waals surface area contributed by atoms with E-state index in [1.54, 1.807) is 11.6 Å². The van der Waals surface area contributed by atoms with Crippen LogP contribution in [0.1, 0.15) is 6.23 Å². The van der Waals surface area contributed by atoms with Gasteiger partial charge < -0.3 is 23.6 Å². The summed E-state index contributed by atoms with van der Waals surface area (Å²) in [5.41, 5.74) is 0.262. The highest BCUT2D eigenvalue weighted by Crippen LogP contribution is 2.37. The molecule has 2 aromatic rings. The number of aromatic nitrogens is 4. The standard InChI is InChI=1S/C11H18N5O5P3/c1-12-11-14-8-5(9(17)15-11)13-3-16(8)10-7(21-24)6(20-23)4(19-10)2-18-22/h3-4,6-7,10H,2,22-24H2,1H3,(H2,12,14,15,17). The smallest absolute Gasteiger partial charge is 0.280 e. The van der Waals surface area contributed by atoms with E-state index in [4.69, 9.17) is 18.3 Å². The van der Waals surface area contributed by atoms with Crippen molar-refractivity contribution in [3.63, 3.8) is 0 Å². The Hall–Kier alpha value is -0.720. The molecule has 10 nitrogen and oxygen atoms in total. The molecule has 132 valence electrons. The van der Waals surface area contributed by atoms with E-state index < -0.39 is 12.3 Å². The van der Waals surface area contributed by atoms with Gasteiger partial charge in [-0.25, -0.2) is 4.98 Å². The molecule has 24 heavy (non-hydrogen) atoms. The zero-order valence-corrected chi connectivity index (χ0v) is 16.2. The van der Waals surface area contributed by atoms with Crippen LogP contribution in [0.3, 0.4) is 0 Å². The van der Waals surface area contributed by atoms with E-state index in [9.17, 15) is 4.79 Å². The third-order valence-electron chi connectivity index (χ3n) is 3.80. The molecule has 1 saturated heterocycles. The number of aromatic amines is 1. The second-order valence-corrected chi connectivity index (χ2v) is 5.97. The first-order valence-corrected chi connectivity index (χ1v) is 8.38.